The number of nitrogens with one attached hydrogen (secondary N) is 1. The predicted octanol–water partition coefficient (Wildman–Crippen LogP) is 4.40. The summed E-state index contributed by atoms with van der Waals surface area (Å²) in [5, 5.41) is 3.05. The van der Waals surface area contributed by atoms with Crippen molar-refractivity contribution in [1.29, 1.82) is 0 Å². The van der Waals surface area contributed by atoms with Gasteiger partial charge in [-0.05, 0) is 54.7 Å². The minimum atomic E-state index is -0.106. The number of carbonyl (C=O) groups is 1. The number of rotatable bonds is 3. The third-order valence-electron chi connectivity index (χ3n) is 4.44. The summed E-state index contributed by atoms with van der Waals surface area (Å²) in [5.41, 5.74) is 4.81. The van der Waals surface area contributed by atoms with Gasteiger partial charge in [-0.1, -0.05) is 30.3 Å². The third-order valence-corrected chi connectivity index (χ3v) is 5.65. The lowest BCUT2D eigenvalue weighted by Gasteiger charge is -2.15. The molecule has 0 fully saturated rings. The number of hydrogen-bond donors (Lipinski definition) is 1. The topological polar surface area (TPSA) is 42.0 Å². The number of nitrogens with zero attached hydrogens (tertiary/aromatic N) is 1. The van der Waals surface area contributed by atoms with Crippen LogP contribution in [-0.2, 0) is 12.8 Å². The monoisotopic (exact) mass is 334 g/mol. The minimum Gasteiger partial charge on any atom is -0.343 e. The Balaban J connectivity index is 1.58. The van der Waals surface area contributed by atoms with E-state index in [1.54, 1.807) is 17.5 Å². The van der Waals surface area contributed by atoms with Crippen LogP contribution in [-0.4, -0.2) is 10.9 Å². The average Bonchev–Trinajstić information content (AvgIpc) is 3.07. The highest BCUT2D eigenvalue weighted by atomic mass is 32.1. The van der Waals surface area contributed by atoms with E-state index in [-0.39, 0.29) is 11.9 Å². The van der Waals surface area contributed by atoms with Gasteiger partial charge >= 0.3 is 0 Å². The molecule has 1 aliphatic rings. The molecule has 1 atom stereocenters. The average molecular weight is 334 g/mol. The lowest BCUT2D eigenvalue weighted by molar-refractivity contribution is 0.0943. The molecule has 0 aliphatic heterocycles. The van der Waals surface area contributed by atoms with Crippen LogP contribution in [0.5, 0.6) is 0 Å². The molecule has 1 unspecified atom stereocenters. The van der Waals surface area contributed by atoms with Crippen molar-refractivity contribution in [2.45, 2.75) is 25.8 Å². The normalized spacial score (nSPS) is 13.7. The van der Waals surface area contributed by atoms with Crippen LogP contribution in [0.4, 0.5) is 0 Å². The van der Waals surface area contributed by atoms with E-state index >= 15 is 0 Å². The Morgan fingerprint density at radius 1 is 1.12 bits per heavy atom. The first-order chi connectivity index (χ1) is 11.7. The van der Waals surface area contributed by atoms with Crippen molar-refractivity contribution in [3.8, 4) is 10.4 Å². The smallest absolute Gasteiger partial charge is 0.261 e. The Morgan fingerprint density at radius 3 is 2.75 bits per heavy atom. The number of aromatic nitrogens is 1. The van der Waals surface area contributed by atoms with Gasteiger partial charge in [0.15, 0.2) is 0 Å². The molecule has 3 aromatic rings. The number of aryl methyl sites for hydroxylation is 2. The van der Waals surface area contributed by atoms with Gasteiger partial charge in [-0.15, -0.1) is 11.3 Å². The first kappa shape index (κ1) is 15.1. The maximum Gasteiger partial charge on any atom is 0.261 e. The van der Waals surface area contributed by atoms with E-state index in [1.807, 2.05) is 25.1 Å². The molecule has 1 aliphatic carbocycles. The molecular formula is C20H18N2OS. The minimum absolute atomic E-state index is 0.0231. The number of pyridine rings is 1. The Labute approximate surface area is 145 Å². The van der Waals surface area contributed by atoms with Crippen molar-refractivity contribution < 1.29 is 4.79 Å². The molecule has 1 amide bonds. The summed E-state index contributed by atoms with van der Waals surface area (Å²) in [4.78, 5) is 19.0. The molecule has 2 heterocycles. The fourth-order valence-electron chi connectivity index (χ4n) is 3.16. The number of carbonyl (C=O) groups excluding carboxylic acids is 1. The highest BCUT2D eigenvalue weighted by Gasteiger charge is 2.22. The van der Waals surface area contributed by atoms with Crippen molar-refractivity contribution in [3.05, 3.63) is 76.4 Å². The van der Waals surface area contributed by atoms with Gasteiger partial charge in [0.05, 0.1) is 16.6 Å². The summed E-state index contributed by atoms with van der Waals surface area (Å²) < 4.78 is 0. The Hall–Kier alpha value is -2.46. The molecule has 0 radical (unpaired) electrons. The number of thiophene rings is 1. The maximum absolute atomic E-state index is 12.6. The van der Waals surface area contributed by atoms with Crippen molar-refractivity contribution in [2.75, 3.05) is 0 Å². The highest BCUT2D eigenvalue weighted by Crippen LogP contribution is 2.39. The van der Waals surface area contributed by atoms with Crippen molar-refractivity contribution in [1.82, 2.24) is 10.3 Å². The van der Waals surface area contributed by atoms with E-state index in [4.69, 9.17) is 0 Å². The van der Waals surface area contributed by atoms with Gasteiger partial charge in [0.1, 0.15) is 0 Å². The first-order valence-corrected chi connectivity index (χ1v) is 8.97. The Morgan fingerprint density at radius 2 is 1.92 bits per heavy atom. The van der Waals surface area contributed by atoms with Crippen LogP contribution in [0.1, 0.15) is 39.5 Å². The zero-order valence-electron chi connectivity index (χ0n) is 13.5. The van der Waals surface area contributed by atoms with Crippen LogP contribution in [0.2, 0.25) is 0 Å². The predicted molar refractivity (Wildman–Crippen MR) is 97.3 cm³/mol. The quantitative estimate of drug-likeness (QED) is 0.771. The summed E-state index contributed by atoms with van der Waals surface area (Å²) in [6.45, 7) is 1.96. The second-order valence-electron chi connectivity index (χ2n) is 6.07. The lowest BCUT2D eigenvalue weighted by atomic mass is 9.91. The van der Waals surface area contributed by atoms with Gasteiger partial charge in [-0.3, -0.25) is 9.78 Å². The van der Waals surface area contributed by atoms with Crippen molar-refractivity contribution >= 4 is 17.2 Å². The van der Waals surface area contributed by atoms with E-state index in [1.165, 1.54) is 21.6 Å². The summed E-state index contributed by atoms with van der Waals surface area (Å²) in [7, 11) is 0. The van der Waals surface area contributed by atoms with Crippen LogP contribution in [0.3, 0.4) is 0 Å². The fourth-order valence-corrected chi connectivity index (χ4v) is 4.33. The van der Waals surface area contributed by atoms with Gasteiger partial charge < -0.3 is 5.32 Å². The second-order valence-corrected chi connectivity index (χ2v) is 7.12. The Bertz CT molecular complexity index is 886. The molecule has 0 saturated carbocycles. The number of fused-ring (bicyclic) bond motifs is 3. The molecular weight excluding hydrogens is 316 g/mol. The molecule has 0 spiro atoms. The summed E-state index contributed by atoms with van der Waals surface area (Å²) >= 11 is 1.59. The van der Waals surface area contributed by atoms with Crippen molar-refractivity contribution in [3.63, 3.8) is 0 Å². The molecule has 120 valence electrons. The first-order valence-electron chi connectivity index (χ1n) is 8.15. The van der Waals surface area contributed by atoms with E-state index in [2.05, 4.69) is 40.6 Å². The highest BCUT2D eigenvalue weighted by molar-refractivity contribution is 7.17. The van der Waals surface area contributed by atoms with Gasteiger partial charge in [-0.2, -0.15) is 0 Å². The number of benzene rings is 1. The summed E-state index contributed by atoms with van der Waals surface area (Å²) in [6.07, 6.45) is 3.80. The zero-order chi connectivity index (χ0) is 16.5. The molecule has 4 rings (SSSR count). The van der Waals surface area contributed by atoms with Crippen LogP contribution in [0.25, 0.3) is 10.4 Å². The lowest BCUT2D eigenvalue weighted by Crippen LogP contribution is -2.26. The molecule has 1 N–H and O–H groups in total. The molecule has 4 heteroatoms. The van der Waals surface area contributed by atoms with Crippen LogP contribution < -0.4 is 5.32 Å². The third kappa shape index (κ3) is 2.74. The van der Waals surface area contributed by atoms with E-state index in [9.17, 15) is 4.79 Å². The Kier molecular flexibility index (Phi) is 3.90. The SMILES string of the molecule is CC(NC(=O)c1cc2c(s1)-c1ccccc1CC2)c1ccccn1. The number of hydrogen-bond acceptors (Lipinski definition) is 3. The van der Waals surface area contributed by atoms with Gasteiger partial charge in [-0.25, -0.2) is 0 Å². The van der Waals surface area contributed by atoms with E-state index in [0.717, 1.165) is 23.4 Å². The van der Waals surface area contributed by atoms with Gasteiger partial charge in [0.25, 0.3) is 5.91 Å². The molecule has 0 bridgehead atoms. The van der Waals surface area contributed by atoms with Crippen LogP contribution in [0, 0.1) is 0 Å². The van der Waals surface area contributed by atoms with Crippen molar-refractivity contribution in [2.24, 2.45) is 0 Å². The largest absolute Gasteiger partial charge is 0.343 e. The summed E-state index contributed by atoms with van der Waals surface area (Å²) in [5.74, 6) is -0.0231. The molecule has 24 heavy (non-hydrogen) atoms. The standard InChI is InChI=1S/C20H18N2OS/c1-13(17-8-4-5-11-21-17)22-20(23)18-12-15-10-9-14-6-2-3-7-16(14)19(15)24-18/h2-8,11-13H,9-10H2,1H3,(H,22,23). The fraction of sp³-hybridized carbons (Fsp3) is 0.200. The summed E-state index contributed by atoms with van der Waals surface area (Å²) in [6, 6.07) is 16.2. The number of amides is 1. The molecule has 0 saturated heterocycles. The van der Waals surface area contributed by atoms with E-state index < -0.39 is 0 Å². The van der Waals surface area contributed by atoms with Gasteiger partial charge in [0.2, 0.25) is 0 Å². The molecule has 3 nitrogen and oxygen atoms in total. The molecule has 1 aromatic carbocycles. The molecule has 2 aromatic heterocycles. The van der Waals surface area contributed by atoms with Crippen LogP contribution in [0.15, 0.2) is 54.7 Å². The van der Waals surface area contributed by atoms with Gasteiger partial charge in [0, 0.05) is 11.1 Å². The van der Waals surface area contributed by atoms with Crippen LogP contribution >= 0.6 is 11.3 Å². The zero-order valence-corrected chi connectivity index (χ0v) is 14.3. The maximum atomic E-state index is 12.6. The second kappa shape index (κ2) is 6.21. The van der Waals surface area contributed by atoms with E-state index in [0.29, 0.717) is 0 Å².